The van der Waals surface area contributed by atoms with Gasteiger partial charge >= 0.3 is 0 Å². The third-order valence-electron chi connectivity index (χ3n) is 9.14. The molecule has 4 heteroatoms. The van der Waals surface area contributed by atoms with Crippen LogP contribution in [-0.4, -0.2) is 34.2 Å². The molecule has 3 unspecified atom stereocenters. The molecule has 2 aromatic rings. The predicted molar refractivity (Wildman–Crippen MR) is 184 cm³/mol. The van der Waals surface area contributed by atoms with Gasteiger partial charge in [-0.2, -0.15) is 0 Å². The molecule has 2 aliphatic carbocycles. The molecular weight excluding hydrogens is 528 g/mol. The Morgan fingerprint density at radius 3 is 1.60 bits per heavy atom. The van der Waals surface area contributed by atoms with Gasteiger partial charge in [0, 0.05) is 34.7 Å². The van der Waals surface area contributed by atoms with Gasteiger partial charge in [0.15, 0.2) is 0 Å². The van der Waals surface area contributed by atoms with Gasteiger partial charge < -0.3 is 10.2 Å². The van der Waals surface area contributed by atoms with E-state index >= 15 is 0 Å². The second-order valence-electron chi connectivity index (χ2n) is 18.1. The molecule has 2 N–H and O–H groups in total. The summed E-state index contributed by atoms with van der Waals surface area (Å²) in [6, 6.07) is 8.66. The summed E-state index contributed by atoms with van der Waals surface area (Å²) in [5.74, 6) is 1.30. The van der Waals surface area contributed by atoms with E-state index in [2.05, 4.69) is 107 Å². The average molecular weight is 587 g/mol. The SMILES string of the molecule is CC(C)(C)Cc1cc(C=NC2CC3CCC2(N=Cc2cc(CC(C)(C)C)cc(C(C)(C)C)c2O)C3)c(O)c(C(C)(C)C)c1. The minimum atomic E-state index is -0.263. The zero-order chi connectivity index (χ0) is 32.2. The van der Waals surface area contributed by atoms with Gasteiger partial charge in [-0.1, -0.05) is 95.2 Å². The van der Waals surface area contributed by atoms with Crippen LogP contribution >= 0.6 is 0 Å². The first-order chi connectivity index (χ1) is 19.6. The van der Waals surface area contributed by atoms with Gasteiger partial charge in [0.2, 0.25) is 0 Å². The first-order valence-electron chi connectivity index (χ1n) is 16.4. The van der Waals surface area contributed by atoms with E-state index in [9.17, 15) is 10.2 Å². The molecule has 0 saturated heterocycles. The molecule has 2 aliphatic rings. The third kappa shape index (κ3) is 7.91. The van der Waals surface area contributed by atoms with Crippen LogP contribution in [0.4, 0.5) is 0 Å². The fourth-order valence-electron chi connectivity index (χ4n) is 7.18. The molecule has 0 heterocycles. The van der Waals surface area contributed by atoms with Crippen molar-refractivity contribution in [2.75, 3.05) is 0 Å². The predicted octanol–water partition coefficient (Wildman–Crippen LogP) is 9.72. The summed E-state index contributed by atoms with van der Waals surface area (Å²) in [5, 5.41) is 22.7. The van der Waals surface area contributed by atoms with Gasteiger partial charge in [-0.05, 0) is 89.4 Å². The van der Waals surface area contributed by atoms with Crippen LogP contribution in [0, 0.1) is 16.7 Å². The van der Waals surface area contributed by atoms with E-state index in [-0.39, 0.29) is 33.2 Å². The van der Waals surface area contributed by atoms with Gasteiger partial charge in [0.1, 0.15) is 11.5 Å². The lowest BCUT2D eigenvalue weighted by Gasteiger charge is -2.29. The molecular formula is C39H58N2O2. The number of aromatic hydroxyl groups is 2. The smallest absolute Gasteiger partial charge is 0.128 e. The Balaban J connectivity index is 1.71. The number of phenolic OH excluding ortho intramolecular Hbond substituents is 2. The van der Waals surface area contributed by atoms with Crippen molar-refractivity contribution in [3.8, 4) is 11.5 Å². The number of rotatable bonds is 6. The van der Waals surface area contributed by atoms with Gasteiger partial charge in [0.05, 0.1) is 11.6 Å². The van der Waals surface area contributed by atoms with E-state index < -0.39 is 0 Å². The largest absolute Gasteiger partial charge is 0.507 e. The summed E-state index contributed by atoms with van der Waals surface area (Å²) in [5.41, 5.74) is 5.70. The van der Waals surface area contributed by atoms with Crippen molar-refractivity contribution in [1.29, 1.82) is 0 Å². The van der Waals surface area contributed by atoms with E-state index in [1.807, 2.05) is 12.4 Å². The lowest BCUT2D eigenvalue weighted by molar-refractivity contribution is 0.367. The molecule has 4 nitrogen and oxygen atoms in total. The molecule has 0 amide bonds. The lowest BCUT2D eigenvalue weighted by atomic mass is 9.81. The maximum absolute atomic E-state index is 11.4. The van der Waals surface area contributed by atoms with Crippen LogP contribution in [0.5, 0.6) is 11.5 Å². The topological polar surface area (TPSA) is 65.2 Å². The number of hydrogen-bond donors (Lipinski definition) is 2. The van der Waals surface area contributed by atoms with Crippen molar-refractivity contribution in [3.63, 3.8) is 0 Å². The van der Waals surface area contributed by atoms with Crippen LogP contribution in [0.25, 0.3) is 0 Å². The highest BCUT2D eigenvalue weighted by Gasteiger charge is 2.52. The Morgan fingerprint density at radius 2 is 1.19 bits per heavy atom. The molecule has 4 rings (SSSR count). The first-order valence-corrected chi connectivity index (χ1v) is 16.4. The number of phenols is 2. The van der Waals surface area contributed by atoms with Crippen LogP contribution in [0.15, 0.2) is 34.3 Å². The molecule has 0 radical (unpaired) electrons. The van der Waals surface area contributed by atoms with E-state index in [0.29, 0.717) is 17.4 Å². The Bertz CT molecular complexity index is 1390. The summed E-state index contributed by atoms with van der Waals surface area (Å²) < 4.78 is 0. The quantitative estimate of drug-likeness (QED) is 0.331. The van der Waals surface area contributed by atoms with Crippen LogP contribution in [0.2, 0.25) is 0 Å². The molecule has 0 spiro atoms. The molecule has 3 atom stereocenters. The summed E-state index contributed by atoms with van der Waals surface area (Å²) >= 11 is 0. The number of aliphatic imine (C=N–C) groups is 2. The van der Waals surface area contributed by atoms with Gasteiger partial charge in [-0.15, -0.1) is 0 Å². The Morgan fingerprint density at radius 1 is 0.721 bits per heavy atom. The van der Waals surface area contributed by atoms with E-state index in [4.69, 9.17) is 9.98 Å². The molecule has 2 bridgehead atoms. The van der Waals surface area contributed by atoms with E-state index in [1.54, 1.807) is 0 Å². The maximum Gasteiger partial charge on any atom is 0.128 e. The Hall–Kier alpha value is -2.62. The molecule has 236 valence electrons. The fraction of sp³-hybridized carbons (Fsp3) is 0.641. The Labute approximate surface area is 262 Å². The monoisotopic (exact) mass is 586 g/mol. The summed E-state index contributed by atoms with van der Waals surface area (Å²) in [6.07, 6.45) is 9.96. The summed E-state index contributed by atoms with van der Waals surface area (Å²) in [4.78, 5) is 10.5. The normalized spacial score (nSPS) is 23.3. The highest BCUT2D eigenvalue weighted by Crippen LogP contribution is 2.52. The van der Waals surface area contributed by atoms with Crippen LogP contribution in [-0.2, 0) is 23.7 Å². The number of fused-ring (bicyclic) bond motifs is 2. The molecule has 2 saturated carbocycles. The van der Waals surface area contributed by atoms with Crippen molar-refractivity contribution in [2.24, 2.45) is 26.7 Å². The third-order valence-corrected chi connectivity index (χ3v) is 9.14. The minimum Gasteiger partial charge on any atom is -0.507 e. The second kappa shape index (κ2) is 11.4. The molecule has 2 fully saturated rings. The average Bonchev–Trinajstić information content (AvgIpc) is 3.39. The van der Waals surface area contributed by atoms with Crippen molar-refractivity contribution >= 4 is 12.4 Å². The van der Waals surface area contributed by atoms with Gasteiger partial charge in [-0.3, -0.25) is 9.98 Å². The maximum atomic E-state index is 11.4. The van der Waals surface area contributed by atoms with E-state index in [0.717, 1.165) is 54.4 Å². The van der Waals surface area contributed by atoms with Crippen molar-refractivity contribution < 1.29 is 10.2 Å². The summed E-state index contributed by atoms with van der Waals surface area (Å²) in [7, 11) is 0. The number of benzene rings is 2. The highest BCUT2D eigenvalue weighted by molar-refractivity contribution is 5.86. The van der Waals surface area contributed by atoms with Gasteiger partial charge in [0.25, 0.3) is 0 Å². The molecule has 43 heavy (non-hydrogen) atoms. The standard InChI is InChI=1S/C39H58N2O2/c1-35(2,3)20-26-15-28(33(42)30(17-26)37(7,8)9)23-40-32-19-25-13-14-39(32,22-25)41-24-29-16-27(21-36(4,5)6)18-31(34(29)43)38(10,11)12/h15-18,23-25,32,42-43H,13-14,19-22H2,1-12H3. The second-order valence-corrected chi connectivity index (χ2v) is 18.1. The van der Waals surface area contributed by atoms with Crippen LogP contribution in [0.3, 0.4) is 0 Å². The van der Waals surface area contributed by atoms with Gasteiger partial charge in [-0.25, -0.2) is 0 Å². The zero-order valence-electron chi connectivity index (χ0n) is 29.2. The minimum absolute atomic E-state index is 0.0632. The zero-order valence-corrected chi connectivity index (χ0v) is 29.2. The number of nitrogens with zero attached hydrogens (tertiary/aromatic N) is 2. The Kier molecular flexibility index (Phi) is 8.81. The summed E-state index contributed by atoms with van der Waals surface area (Å²) in [6.45, 7) is 26.4. The van der Waals surface area contributed by atoms with Crippen molar-refractivity contribution in [1.82, 2.24) is 0 Å². The van der Waals surface area contributed by atoms with Crippen LogP contribution in [0.1, 0.15) is 142 Å². The number of hydrogen-bond acceptors (Lipinski definition) is 4. The van der Waals surface area contributed by atoms with Crippen molar-refractivity contribution in [2.45, 2.75) is 144 Å². The van der Waals surface area contributed by atoms with Crippen molar-refractivity contribution in [3.05, 3.63) is 57.6 Å². The first kappa shape index (κ1) is 33.3. The molecule has 2 aromatic carbocycles. The lowest BCUT2D eigenvalue weighted by Crippen LogP contribution is -2.34. The van der Waals surface area contributed by atoms with Crippen LogP contribution < -0.4 is 0 Å². The molecule has 0 aromatic heterocycles. The van der Waals surface area contributed by atoms with E-state index in [1.165, 1.54) is 17.5 Å². The molecule has 0 aliphatic heterocycles. The fourth-order valence-corrected chi connectivity index (χ4v) is 7.18. The highest BCUT2D eigenvalue weighted by atomic mass is 16.3.